The Morgan fingerprint density at radius 2 is 2.35 bits per heavy atom. The van der Waals surface area contributed by atoms with E-state index in [1.165, 1.54) is 17.7 Å². The van der Waals surface area contributed by atoms with E-state index in [0.29, 0.717) is 6.04 Å². The molecule has 1 saturated carbocycles. The molecule has 1 unspecified atom stereocenters. The topological polar surface area (TPSA) is 29.9 Å². The first-order valence-electron chi connectivity index (χ1n) is 5.78. The van der Waals surface area contributed by atoms with Gasteiger partial charge in [-0.25, -0.2) is 4.98 Å². The minimum atomic E-state index is 0.243. The second kappa shape index (κ2) is 4.35. The van der Waals surface area contributed by atoms with Gasteiger partial charge >= 0.3 is 0 Å². The van der Waals surface area contributed by atoms with Gasteiger partial charge in [0.1, 0.15) is 0 Å². The van der Waals surface area contributed by atoms with Crippen LogP contribution in [0.4, 0.5) is 5.95 Å². The highest BCUT2D eigenvalue weighted by molar-refractivity contribution is 7.16. The van der Waals surface area contributed by atoms with Crippen LogP contribution in [0.25, 0.3) is 0 Å². The smallest absolute Gasteiger partial charge is 0.203 e. The van der Waals surface area contributed by atoms with Gasteiger partial charge in [-0.2, -0.15) is 0 Å². The fourth-order valence-electron chi connectivity index (χ4n) is 1.90. The van der Waals surface area contributed by atoms with Crippen LogP contribution in [0, 0.1) is 0 Å². The molecule has 3 nitrogen and oxygen atoms in total. The summed E-state index contributed by atoms with van der Waals surface area (Å²) in [5.41, 5.74) is 0. The van der Waals surface area contributed by atoms with Crippen molar-refractivity contribution >= 4 is 28.9 Å². The first-order chi connectivity index (χ1) is 8.24. The van der Waals surface area contributed by atoms with E-state index >= 15 is 0 Å². The third kappa shape index (κ3) is 2.33. The number of halogens is 1. The van der Waals surface area contributed by atoms with Crippen molar-refractivity contribution in [1.29, 1.82) is 0 Å². The lowest BCUT2D eigenvalue weighted by Gasteiger charge is -2.14. The molecule has 0 saturated heterocycles. The predicted octanol–water partition coefficient (Wildman–Crippen LogP) is 4.11. The number of imidazole rings is 1. The van der Waals surface area contributed by atoms with Crippen molar-refractivity contribution in [3.63, 3.8) is 0 Å². The monoisotopic (exact) mass is 267 g/mol. The van der Waals surface area contributed by atoms with Gasteiger partial charge in [0.05, 0.1) is 10.4 Å². The molecule has 1 fully saturated rings. The van der Waals surface area contributed by atoms with E-state index in [1.807, 2.05) is 18.5 Å². The summed E-state index contributed by atoms with van der Waals surface area (Å²) in [7, 11) is 0. The quantitative estimate of drug-likeness (QED) is 0.904. The Labute approximate surface area is 109 Å². The molecular weight excluding hydrogens is 254 g/mol. The molecule has 2 heterocycles. The highest BCUT2D eigenvalue weighted by atomic mass is 35.5. The SMILES string of the molecule is CC(Nc1nccn1C1CC1)c1ccc(Cl)s1. The van der Waals surface area contributed by atoms with Crippen molar-refractivity contribution in [3.05, 3.63) is 33.7 Å². The van der Waals surface area contributed by atoms with Crippen molar-refractivity contribution in [2.24, 2.45) is 0 Å². The molecule has 0 spiro atoms. The number of nitrogens with one attached hydrogen (secondary N) is 1. The lowest BCUT2D eigenvalue weighted by atomic mass is 10.3. The third-order valence-electron chi connectivity index (χ3n) is 2.98. The number of anilines is 1. The predicted molar refractivity (Wildman–Crippen MR) is 71.9 cm³/mol. The Balaban J connectivity index is 1.75. The van der Waals surface area contributed by atoms with Gasteiger partial charge in [-0.1, -0.05) is 11.6 Å². The average molecular weight is 268 g/mol. The van der Waals surface area contributed by atoms with Crippen LogP contribution in [0.2, 0.25) is 4.34 Å². The third-order valence-corrected chi connectivity index (χ3v) is 4.39. The maximum Gasteiger partial charge on any atom is 0.203 e. The average Bonchev–Trinajstić information content (AvgIpc) is 2.89. The van der Waals surface area contributed by atoms with E-state index in [-0.39, 0.29) is 6.04 Å². The Kier molecular flexibility index (Phi) is 2.84. The minimum absolute atomic E-state index is 0.243. The van der Waals surface area contributed by atoms with Gasteiger partial charge in [-0.05, 0) is 31.9 Å². The molecule has 3 rings (SSSR count). The zero-order chi connectivity index (χ0) is 11.8. The van der Waals surface area contributed by atoms with Gasteiger partial charge in [0.15, 0.2) is 0 Å². The molecule has 1 atom stereocenters. The lowest BCUT2D eigenvalue weighted by Crippen LogP contribution is -2.10. The van der Waals surface area contributed by atoms with Gasteiger partial charge in [0.2, 0.25) is 5.95 Å². The van der Waals surface area contributed by atoms with Crippen LogP contribution >= 0.6 is 22.9 Å². The molecule has 1 aliphatic carbocycles. The molecule has 2 aromatic rings. The molecule has 0 amide bonds. The van der Waals surface area contributed by atoms with Crippen LogP contribution in [0.15, 0.2) is 24.5 Å². The summed E-state index contributed by atoms with van der Waals surface area (Å²) in [6, 6.07) is 4.90. The van der Waals surface area contributed by atoms with Crippen molar-refractivity contribution < 1.29 is 0 Å². The standard InChI is InChI=1S/C12H14ClN3S/c1-8(10-4-5-11(13)17-10)15-12-14-6-7-16(12)9-2-3-9/h4-9H,2-3H2,1H3,(H,14,15). The molecule has 5 heteroatoms. The number of hydrogen-bond donors (Lipinski definition) is 1. The van der Waals surface area contributed by atoms with Crippen molar-refractivity contribution in [1.82, 2.24) is 9.55 Å². The molecule has 0 aromatic carbocycles. The van der Waals surface area contributed by atoms with E-state index in [1.54, 1.807) is 11.3 Å². The molecule has 1 aliphatic rings. The molecule has 17 heavy (non-hydrogen) atoms. The van der Waals surface area contributed by atoms with Crippen molar-refractivity contribution in [3.8, 4) is 0 Å². The summed E-state index contributed by atoms with van der Waals surface area (Å²) in [5, 5.41) is 3.45. The van der Waals surface area contributed by atoms with Gasteiger partial charge in [0.25, 0.3) is 0 Å². The first kappa shape index (κ1) is 11.1. The molecule has 1 N–H and O–H groups in total. The Bertz CT molecular complexity index is 515. The van der Waals surface area contributed by atoms with Crippen LogP contribution in [0.3, 0.4) is 0 Å². The largest absolute Gasteiger partial charge is 0.348 e. The number of thiophene rings is 1. The summed E-state index contributed by atoms with van der Waals surface area (Å²) in [6.45, 7) is 2.13. The highest BCUT2D eigenvalue weighted by Gasteiger charge is 2.26. The highest BCUT2D eigenvalue weighted by Crippen LogP contribution is 2.37. The second-order valence-electron chi connectivity index (χ2n) is 4.40. The molecule has 0 bridgehead atoms. The summed E-state index contributed by atoms with van der Waals surface area (Å²) in [5.74, 6) is 0.963. The van der Waals surface area contributed by atoms with E-state index in [4.69, 9.17) is 11.6 Å². The maximum atomic E-state index is 5.95. The van der Waals surface area contributed by atoms with Crippen LogP contribution in [-0.4, -0.2) is 9.55 Å². The molecular formula is C12H14ClN3S. The van der Waals surface area contributed by atoms with Crippen molar-refractivity contribution in [2.45, 2.75) is 31.8 Å². The molecule has 0 aliphatic heterocycles. The first-order valence-corrected chi connectivity index (χ1v) is 6.98. The maximum absolute atomic E-state index is 5.95. The summed E-state index contributed by atoms with van der Waals surface area (Å²) in [4.78, 5) is 5.61. The van der Waals surface area contributed by atoms with Gasteiger partial charge in [0, 0.05) is 23.3 Å². The Morgan fingerprint density at radius 1 is 1.53 bits per heavy atom. The fourth-order valence-corrected chi connectivity index (χ4v) is 2.96. The van der Waals surface area contributed by atoms with Crippen LogP contribution in [-0.2, 0) is 0 Å². The van der Waals surface area contributed by atoms with Crippen LogP contribution in [0.1, 0.15) is 36.7 Å². The Morgan fingerprint density at radius 3 is 3.00 bits per heavy atom. The van der Waals surface area contributed by atoms with Crippen LogP contribution in [0.5, 0.6) is 0 Å². The van der Waals surface area contributed by atoms with Crippen LogP contribution < -0.4 is 5.32 Å². The summed E-state index contributed by atoms with van der Waals surface area (Å²) < 4.78 is 3.06. The van der Waals surface area contributed by atoms with E-state index < -0.39 is 0 Å². The fraction of sp³-hybridized carbons (Fsp3) is 0.417. The Hall–Kier alpha value is -1.000. The number of hydrogen-bond acceptors (Lipinski definition) is 3. The number of rotatable bonds is 4. The van der Waals surface area contributed by atoms with Gasteiger partial charge < -0.3 is 9.88 Å². The zero-order valence-electron chi connectivity index (χ0n) is 9.56. The molecule has 90 valence electrons. The summed E-state index contributed by atoms with van der Waals surface area (Å²) >= 11 is 7.56. The normalized spacial score (nSPS) is 17.1. The van der Waals surface area contributed by atoms with Gasteiger partial charge in [-0.15, -0.1) is 11.3 Å². The van der Waals surface area contributed by atoms with E-state index in [2.05, 4.69) is 27.9 Å². The van der Waals surface area contributed by atoms with Crippen molar-refractivity contribution in [2.75, 3.05) is 5.32 Å². The summed E-state index contributed by atoms with van der Waals surface area (Å²) in [6.07, 6.45) is 6.44. The van der Waals surface area contributed by atoms with Gasteiger partial charge in [-0.3, -0.25) is 0 Å². The molecule has 2 aromatic heterocycles. The second-order valence-corrected chi connectivity index (χ2v) is 6.14. The van der Waals surface area contributed by atoms with E-state index in [9.17, 15) is 0 Å². The zero-order valence-corrected chi connectivity index (χ0v) is 11.1. The minimum Gasteiger partial charge on any atom is -0.348 e. The molecule has 0 radical (unpaired) electrons. The van der Waals surface area contributed by atoms with E-state index in [0.717, 1.165) is 10.3 Å². The lowest BCUT2D eigenvalue weighted by molar-refractivity contribution is 0.729. The number of aromatic nitrogens is 2. The number of nitrogens with zero attached hydrogens (tertiary/aromatic N) is 2.